The van der Waals surface area contributed by atoms with E-state index in [0.29, 0.717) is 0 Å². The molecule has 2 nitrogen and oxygen atoms in total. The van der Waals surface area contributed by atoms with Crippen molar-refractivity contribution in [2.75, 3.05) is 0 Å². The zero-order chi connectivity index (χ0) is 12.5. The largest absolute Gasteiger partial charge is 0.416 e. The predicted octanol–water partition coefficient (Wildman–Crippen LogP) is 3.09. The molecule has 0 atom stereocenters. The Hall–Kier alpha value is -1.83. The van der Waals surface area contributed by atoms with Gasteiger partial charge in [0.1, 0.15) is 0 Å². The van der Waals surface area contributed by atoms with Crippen molar-refractivity contribution < 1.29 is 18.0 Å². The standard InChI is InChI=1S/C11H8F3NO/c1-6-8(5-15)3-9(11(12,13)14)4-10(6)7(2)16/h3-4H,1-2H3. The molecule has 1 rings (SSSR count). The van der Waals surface area contributed by atoms with Gasteiger partial charge in [-0.2, -0.15) is 18.4 Å². The van der Waals surface area contributed by atoms with E-state index in [0.717, 1.165) is 12.1 Å². The molecule has 1 aromatic rings. The molecule has 0 fully saturated rings. The predicted molar refractivity (Wildman–Crippen MR) is 50.9 cm³/mol. The number of benzene rings is 1. The van der Waals surface area contributed by atoms with Crippen LogP contribution in [0.15, 0.2) is 12.1 Å². The smallest absolute Gasteiger partial charge is 0.295 e. The highest BCUT2D eigenvalue weighted by Gasteiger charge is 2.32. The van der Waals surface area contributed by atoms with Crippen molar-refractivity contribution in [2.24, 2.45) is 0 Å². The van der Waals surface area contributed by atoms with Crippen LogP contribution in [0, 0.1) is 18.3 Å². The molecule has 0 heterocycles. The molecular weight excluding hydrogens is 219 g/mol. The molecule has 0 saturated carbocycles. The molecule has 0 N–H and O–H groups in total. The van der Waals surface area contributed by atoms with E-state index in [1.54, 1.807) is 6.07 Å². The van der Waals surface area contributed by atoms with Crippen LogP contribution in [0.25, 0.3) is 0 Å². The first-order chi connectivity index (χ1) is 7.27. The summed E-state index contributed by atoms with van der Waals surface area (Å²) in [6.07, 6.45) is -4.55. The number of hydrogen-bond donors (Lipinski definition) is 0. The third-order valence-electron chi connectivity index (χ3n) is 2.23. The van der Waals surface area contributed by atoms with Crippen LogP contribution in [-0.2, 0) is 6.18 Å². The highest BCUT2D eigenvalue weighted by molar-refractivity contribution is 5.96. The Bertz CT molecular complexity index is 483. The number of hydrogen-bond acceptors (Lipinski definition) is 2. The normalized spacial score (nSPS) is 11.0. The third kappa shape index (κ3) is 2.22. The Balaban J connectivity index is 3.54. The molecule has 0 bridgehead atoms. The lowest BCUT2D eigenvalue weighted by atomic mass is 9.97. The number of nitriles is 1. The first-order valence-electron chi connectivity index (χ1n) is 4.40. The van der Waals surface area contributed by atoms with Gasteiger partial charge in [0.15, 0.2) is 5.78 Å². The van der Waals surface area contributed by atoms with Gasteiger partial charge in [-0.05, 0) is 31.5 Å². The Morgan fingerprint density at radius 1 is 1.38 bits per heavy atom. The maximum absolute atomic E-state index is 12.5. The van der Waals surface area contributed by atoms with Crippen LogP contribution in [0.5, 0.6) is 0 Å². The van der Waals surface area contributed by atoms with Crippen LogP contribution in [0.3, 0.4) is 0 Å². The number of carbonyl (C=O) groups is 1. The summed E-state index contributed by atoms with van der Waals surface area (Å²) in [6, 6.07) is 3.18. The molecule has 84 valence electrons. The molecular formula is C11H8F3NO. The maximum atomic E-state index is 12.5. The van der Waals surface area contributed by atoms with E-state index in [-0.39, 0.29) is 16.7 Å². The van der Waals surface area contributed by atoms with Crippen LogP contribution >= 0.6 is 0 Å². The van der Waals surface area contributed by atoms with Crippen molar-refractivity contribution in [3.05, 3.63) is 34.4 Å². The lowest BCUT2D eigenvalue weighted by molar-refractivity contribution is -0.137. The summed E-state index contributed by atoms with van der Waals surface area (Å²) in [6.45, 7) is 2.62. The topological polar surface area (TPSA) is 40.9 Å². The Morgan fingerprint density at radius 3 is 2.31 bits per heavy atom. The molecule has 0 spiro atoms. The van der Waals surface area contributed by atoms with Gasteiger partial charge in [0.05, 0.1) is 17.2 Å². The lowest BCUT2D eigenvalue weighted by Crippen LogP contribution is -2.09. The average molecular weight is 227 g/mol. The van der Waals surface area contributed by atoms with Gasteiger partial charge in [-0.25, -0.2) is 0 Å². The first-order valence-corrected chi connectivity index (χ1v) is 4.40. The summed E-state index contributed by atoms with van der Waals surface area (Å²) in [7, 11) is 0. The molecule has 1 aromatic carbocycles. The van der Waals surface area contributed by atoms with Crippen LogP contribution in [0.4, 0.5) is 13.2 Å². The second-order valence-corrected chi connectivity index (χ2v) is 3.36. The number of halogens is 3. The lowest BCUT2D eigenvalue weighted by Gasteiger charge is -2.11. The highest BCUT2D eigenvalue weighted by Crippen LogP contribution is 2.32. The van der Waals surface area contributed by atoms with Crippen LogP contribution in [0.2, 0.25) is 0 Å². The Morgan fingerprint density at radius 2 is 1.94 bits per heavy atom. The first kappa shape index (κ1) is 12.2. The Labute approximate surface area is 90.3 Å². The van der Waals surface area contributed by atoms with E-state index in [1.165, 1.54) is 13.8 Å². The Kier molecular flexibility index (Phi) is 3.04. The number of Topliss-reactive ketones (excluding diaryl/α,β-unsaturated/α-hetero) is 1. The molecule has 0 radical (unpaired) electrons. The van der Waals surface area contributed by atoms with E-state index in [4.69, 9.17) is 5.26 Å². The summed E-state index contributed by atoms with van der Waals surface area (Å²) in [5, 5.41) is 8.69. The van der Waals surface area contributed by atoms with Crippen molar-refractivity contribution >= 4 is 5.78 Å². The number of alkyl halides is 3. The molecule has 0 aliphatic carbocycles. The molecule has 16 heavy (non-hydrogen) atoms. The van der Waals surface area contributed by atoms with Gasteiger partial charge in [-0.1, -0.05) is 0 Å². The number of ketones is 1. The fourth-order valence-electron chi connectivity index (χ4n) is 1.36. The zero-order valence-corrected chi connectivity index (χ0v) is 8.64. The van der Waals surface area contributed by atoms with Crippen molar-refractivity contribution in [1.82, 2.24) is 0 Å². The summed E-state index contributed by atoms with van der Waals surface area (Å²) in [5.74, 6) is -0.486. The van der Waals surface area contributed by atoms with E-state index < -0.39 is 17.5 Å². The molecule has 0 unspecified atom stereocenters. The minimum absolute atomic E-state index is 0.0635. The van der Waals surface area contributed by atoms with Gasteiger partial charge < -0.3 is 0 Å². The van der Waals surface area contributed by atoms with Gasteiger partial charge in [0.2, 0.25) is 0 Å². The molecule has 0 aliphatic rings. The van der Waals surface area contributed by atoms with Gasteiger partial charge in [0, 0.05) is 5.56 Å². The van der Waals surface area contributed by atoms with E-state index >= 15 is 0 Å². The fraction of sp³-hybridized carbons (Fsp3) is 0.273. The SMILES string of the molecule is CC(=O)c1cc(C(F)(F)F)cc(C#N)c1C. The fourth-order valence-corrected chi connectivity index (χ4v) is 1.36. The number of rotatable bonds is 1. The summed E-state index contributed by atoms with van der Waals surface area (Å²) in [4.78, 5) is 11.1. The third-order valence-corrected chi connectivity index (χ3v) is 2.23. The highest BCUT2D eigenvalue weighted by atomic mass is 19.4. The monoisotopic (exact) mass is 227 g/mol. The van der Waals surface area contributed by atoms with Gasteiger partial charge in [-0.15, -0.1) is 0 Å². The van der Waals surface area contributed by atoms with Crippen molar-refractivity contribution in [2.45, 2.75) is 20.0 Å². The van der Waals surface area contributed by atoms with Crippen molar-refractivity contribution in [3.8, 4) is 6.07 Å². The average Bonchev–Trinajstić information content (AvgIpc) is 2.15. The van der Waals surface area contributed by atoms with E-state index in [1.807, 2.05) is 0 Å². The minimum Gasteiger partial charge on any atom is -0.295 e. The molecule has 0 amide bonds. The second kappa shape index (κ2) is 3.97. The molecule has 0 aromatic heterocycles. The van der Waals surface area contributed by atoms with Crippen molar-refractivity contribution in [1.29, 1.82) is 5.26 Å². The summed E-state index contributed by atoms with van der Waals surface area (Å²) in [5.41, 5.74) is -0.880. The number of carbonyl (C=O) groups excluding carboxylic acids is 1. The van der Waals surface area contributed by atoms with Crippen LogP contribution in [0.1, 0.15) is 34.0 Å². The van der Waals surface area contributed by atoms with Crippen LogP contribution in [-0.4, -0.2) is 5.78 Å². The zero-order valence-electron chi connectivity index (χ0n) is 8.64. The minimum atomic E-state index is -4.55. The molecule has 0 aliphatic heterocycles. The van der Waals surface area contributed by atoms with Crippen molar-refractivity contribution in [3.63, 3.8) is 0 Å². The van der Waals surface area contributed by atoms with Gasteiger partial charge in [-0.3, -0.25) is 4.79 Å². The van der Waals surface area contributed by atoms with Crippen LogP contribution < -0.4 is 0 Å². The summed E-state index contributed by atoms with van der Waals surface area (Å²) < 4.78 is 37.4. The number of nitrogens with zero attached hydrogens (tertiary/aromatic N) is 1. The maximum Gasteiger partial charge on any atom is 0.416 e. The molecule has 0 saturated heterocycles. The quantitative estimate of drug-likeness (QED) is 0.691. The molecule has 5 heteroatoms. The summed E-state index contributed by atoms with van der Waals surface area (Å²) >= 11 is 0. The van der Waals surface area contributed by atoms with Gasteiger partial charge >= 0.3 is 6.18 Å². The second-order valence-electron chi connectivity index (χ2n) is 3.36. The van der Waals surface area contributed by atoms with Gasteiger partial charge in [0.25, 0.3) is 0 Å². The van der Waals surface area contributed by atoms with E-state index in [9.17, 15) is 18.0 Å². The van der Waals surface area contributed by atoms with E-state index in [2.05, 4.69) is 0 Å².